The van der Waals surface area contributed by atoms with E-state index in [1.807, 2.05) is 24.3 Å². The summed E-state index contributed by atoms with van der Waals surface area (Å²) in [6.07, 6.45) is 0. The molecule has 9 heteroatoms. The van der Waals surface area contributed by atoms with Crippen molar-refractivity contribution in [1.82, 2.24) is 0 Å². The molecule has 0 spiro atoms. The molecule has 0 unspecified atom stereocenters. The van der Waals surface area contributed by atoms with Crippen LogP contribution in [0.1, 0.15) is 5.56 Å². The number of anilines is 2. The van der Waals surface area contributed by atoms with Crippen LogP contribution in [0.25, 0.3) is 0 Å². The van der Waals surface area contributed by atoms with Gasteiger partial charge in [0.25, 0.3) is 11.6 Å². The van der Waals surface area contributed by atoms with Crippen molar-refractivity contribution >= 4 is 40.6 Å². The number of thioether (sulfide) groups is 1. The third kappa shape index (κ3) is 6.85. The number of amides is 2. The van der Waals surface area contributed by atoms with Crippen LogP contribution in [0.15, 0.2) is 77.7 Å². The number of nitrogens with one attached hydrogen (secondary N) is 2. The van der Waals surface area contributed by atoms with Crippen molar-refractivity contribution in [2.24, 2.45) is 0 Å². The number of carbonyl (C=O) groups is 2. The molecule has 3 aromatic rings. The monoisotopic (exact) mass is 451 g/mol. The second-order valence-electron chi connectivity index (χ2n) is 6.77. The first-order valence-corrected chi connectivity index (χ1v) is 10.6. The minimum atomic E-state index is -0.478. The molecule has 32 heavy (non-hydrogen) atoms. The molecule has 0 saturated carbocycles. The van der Waals surface area contributed by atoms with E-state index in [2.05, 4.69) is 10.6 Å². The molecule has 2 amide bonds. The van der Waals surface area contributed by atoms with Crippen molar-refractivity contribution in [2.75, 3.05) is 23.0 Å². The average Bonchev–Trinajstić information content (AvgIpc) is 2.78. The minimum Gasteiger partial charge on any atom is -0.484 e. The molecule has 0 atom stereocenters. The summed E-state index contributed by atoms with van der Waals surface area (Å²) in [5.74, 6) is 0.228. The zero-order valence-corrected chi connectivity index (χ0v) is 18.1. The summed E-state index contributed by atoms with van der Waals surface area (Å²) in [6, 6.07) is 20.5. The molecule has 3 aromatic carbocycles. The largest absolute Gasteiger partial charge is 0.484 e. The molecule has 0 aliphatic carbocycles. The first-order valence-electron chi connectivity index (χ1n) is 9.66. The molecule has 0 aliphatic heterocycles. The number of nitro groups is 1. The first-order chi connectivity index (χ1) is 15.4. The third-order valence-electron chi connectivity index (χ3n) is 4.30. The molecular formula is C23H21N3O5S. The zero-order chi connectivity index (χ0) is 22.9. The Morgan fingerprint density at radius 1 is 0.969 bits per heavy atom. The minimum absolute atomic E-state index is 0.0251. The number of benzene rings is 3. The standard InChI is InChI=1S/C23H21N3O5S/c1-16-12-18(26(29)30)10-11-21(16)25-23(28)15-32-20-9-5-6-17(13-20)24-22(27)14-31-19-7-3-2-4-8-19/h2-13H,14-15H2,1H3,(H,24,27)(H,25,28). The van der Waals surface area contributed by atoms with Crippen molar-refractivity contribution in [2.45, 2.75) is 11.8 Å². The number of non-ortho nitro benzene ring substituents is 1. The molecule has 2 N–H and O–H groups in total. The first kappa shape index (κ1) is 22.8. The highest BCUT2D eigenvalue weighted by Gasteiger charge is 2.11. The van der Waals surface area contributed by atoms with Crippen molar-refractivity contribution in [1.29, 1.82) is 0 Å². The van der Waals surface area contributed by atoms with Crippen LogP contribution in [0.3, 0.4) is 0 Å². The van der Waals surface area contributed by atoms with E-state index >= 15 is 0 Å². The maximum Gasteiger partial charge on any atom is 0.269 e. The number of aryl methyl sites for hydroxylation is 1. The molecule has 0 saturated heterocycles. The fourth-order valence-corrected chi connectivity index (χ4v) is 3.52. The average molecular weight is 452 g/mol. The van der Waals surface area contributed by atoms with Crippen LogP contribution in [0, 0.1) is 17.0 Å². The predicted octanol–water partition coefficient (Wildman–Crippen LogP) is 4.65. The van der Waals surface area contributed by atoms with Gasteiger partial charge in [0.2, 0.25) is 5.91 Å². The molecule has 0 radical (unpaired) electrons. The lowest BCUT2D eigenvalue weighted by molar-refractivity contribution is -0.384. The fourth-order valence-electron chi connectivity index (χ4n) is 2.76. The van der Waals surface area contributed by atoms with Gasteiger partial charge >= 0.3 is 0 Å². The van der Waals surface area contributed by atoms with Gasteiger partial charge in [-0.25, -0.2) is 0 Å². The van der Waals surface area contributed by atoms with Gasteiger partial charge in [-0.2, -0.15) is 0 Å². The van der Waals surface area contributed by atoms with E-state index in [1.54, 1.807) is 37.3 Å². The Kier molecular flexibility index (Phi) is 7.82. The van der Waals surface area contributed by atoms with Crippen LogP contribution in [-0.2, 0) is 9.59 Å². The molecule has 0 aliphatic rings. The summed E-state index contributed by atoms with van der Waals surface area (Å²) >= 11 is 1.31. The van der Waals surface area contributed by atoms with Crippen molar-refractivity contribution < 1.29 is 19.2 Å². The maximum atomic E-state index is 12.3. The Hall–Kier alpha value is -3.85. The van der Waals surface area contributed by atoms with Gasteiger partial charge in [0.1, 0.15) is 5.75 Å². The van der Waals surface area contributed by atoms with E-state index in [0.717, 1.165) is 4.90 Å². The Morgan fingerprint density at radius 3 is 2.47 bits per heavy atom. The Bertz CT molecular complexity index is 1120. The predicted molar refractivity (Wildman–Crippen MR) is 124 cm³/mol. The summed E-state index contributed by atoms with van der Waals surface area (Å²) in [5, 5.41) is 16.3. The lowest BCUT2D eigenvalue weighted by atomic mass is 10.2. The topological polar surface area (TPSA) is 111 Å². The number of para-hydroxylation sites is 1. The van der Waals surface area contributed by atoms with E-state index in [0.29, 0.717) is 22.7 Å². The van der Waals surface area contributed by atoms with Gasteiger partial charge in [-0.05, 0) is 48.9 Å². The molecule has 0 heterocycles. The van der Waals surface area contributed by atoms with Gasteiger partial charge in [-0.1, -0.05) is 24.3 Å². The van der Waals surface area contributed by atoms with Crippen molar-refractivity contribution in [3.8, 4) is 5.75 Å². The van der Waals surface area contributed by atoms with Crippen molar-refractivity contribution in [3.63, 3.8) is 0 Å². The SMILES string of the molecule is Cc1cc([N+](=O)[O-])ccc1NC(=O)CSc1cccc(NC(=O)COc2ccccc2)c1. The second kappa shape index (κ2) is 11.0. The summed E-state index contributed by atoms with van der Waals surface area (Å²) in [6.45, 7) is 1.59. The van der Waals surface area contributed by atoms with E-state index in [4.69, 9.17) is 4.74 Å². The number of hydrogen-bond acceptors (Lipinski definition) is 6. The van der Waals surface area contributed by atoms with Crippen LogP contribution in [0.2, 0.25) is 0 Å². The van der Waals surface area contributed by atoms with Gasteiger partial charge < -0.3 is 15.4 Å². The van der Waals surface area contributed by atoms with Gasteiger partial charge in [-0.15, -0.1) is 11.8 Å². The second-order valence-corrected chi connectivity index (χ2v) is 7.82. The molecule has 0 fully saturated rings. The van der Waals surface area contributed by atoms with Gasteiger partial charge in [0.15, 0.2) is 6.61 Å². The quantitative estimate of drug-likeness (QED) is 0.278. The summed E-state index contributed by atoms with van der Waals surface area (Å²) in [7, 11) is 0. The highest BCUT2D eigenvalue weighted by atomic mass is 32.2. The van der Waals surface area contributed by atoms with E-state index in [9.17, 15) is 19.7 Å². The number of nitrogens with zero attached hydrogens (tertiary/aromatic N) is 1. The molecular weight excluding hydrogens is 430 g/mol. The molecule has 8 nitrogen and oxygen atoms in total. The number of nitro benzene ring substituents is 1. The number of rotatable bonds is 9. The van der Waals surface area contributed by atoms with E-state index in [-0.39, 0.29) is 29.9 Å². The maximum absolute atomic E-state index is 12.3. The normalized spacial score (nSPS) is 10.3. The Labute approximate surface area is 189 Å². The fraction of sp³-hybridized carbons (Fsp3) is 0.130. The lowest BCUT2D eigenvalue weighted by Gasteiger charge is -2.10. The van der Waals surface area contributed by atoms with Crippen LogP contribution in [0.4, 0.5) is 17.1 Å². The zero-order valence-electron chi connectivity index (χ0n) is 17.2. The molecule has 0 bridgehead atoms. The number of ether oxygens (including phenoxy) is 1. The molecule has 164 valence electrons. The summed E-state index contributed by atoms with van der Waals surface area (Å²) < 4.78 is 5.43. The van der Waals surface area contributed by atoms with E-state index in [1.165, 1.54) is 30.0 Å². The summed E-state index contributed by atoms with van der Waals surface area (Å²) in [5.41, 5.74) is 1.71. The molecule has 0 aromatic heterocycles. The van der Waals surface area contributed by atoms with Gasteiger partial charge in [-0.3, -0.25) is 19.7 Å². The highest BCUT2D eigenvalue weighted by molar-refractivity contribution is 8.00. The van der Waals surface area contributed by atoms with Crippen LogP contribution < -0.4 is 15.4 Å². The highest BCUT2D eigenvalue weighted by Crippen LogP contribution is 2.24. The smallest absolute Gasteiger partial charge is 0.269 e. The van der Waals surface area contributed by atoms with Crippen LogP contribution >= 0.6 is 11.8 Å². The Morgan fingerprint density at radius 2 is 1.75 bits per heavy atom. The van der Waals surface area contributed by atoms with E-state index < -0.39 is 4.92 Å². The molecule has 3 rings (SSSR count). The van der Waals surface area contributed by atoms with Gasteiger partial charge in [0, 0.05) is 28.4 Å². The van der Waals surface area contributed by atoms with Gasteiger partial charge in [0.05, 0.1) is 10.7 Å². The van der Waals surface area contributed by atoms with Crippen LogP contribution in [0.5, 0.6) is 5.75 Å². The Balaban J connectivity index is 1.49. The third-order valence-corrected chi connectivity index (χ3v) is 5.29. The summed E-state index contributed by atoms with van der Waals surface area (Å²) in [4.78, 5) is 35.6. The number of hydrogen-bond donors (Lipinski definition) is 2. The lowest BCUT2D eigenvalue weighted by Crippen LogP contribution is -2.20. The van der Waals surface area contributed by atoms with Crippen molar-refractivity contribution in [3.05, 3.63) is 88.5 Å². The number of carbonyl (C=O) groups excluding carboxylic acids is 2. The van der Waals surface area contributed by atoms with Crippen LogP contribution in [-0.4, -0.2) is 29.1 Å².